The van der Waals surface area contributed by atoms with E-state index >= 15 is 0 Å². The second kappa shape index (κ2) is 6.55. The zero-order valence-electron chi connectivity index (χ0n) is 10.7. The quantitative estimate of drug-likeness (QED) is 0.814. The molecular formula is C15H21NO2. The summed E-state index contributed by atoms with van der Waals surface area (Å²) in [6.07, 6.45) is 5.74. The third kappa shape index (κ3) is 3.33. The van der Waals surface area contributed by atoms with Gasteiger partial charge >= 0.3 is 0 Å². The lowest BCUT2D eigenvalue weighted by Gasteiger charge is -2.20. The highest BCUT2D eigenvalue weighted by molar-refractivity contribution is 5.97. The van der Waals surface area contributed by atoms with Gasteiger partial charge in [-0.3, -0.25) is 4.79 Å². The Morgan fingerprint density at radius 2 is 1.83 bits per heavy atom. The topological polar surface area (TPSA) is 52.3 Å². The highest BCUT2D eigenvalue weighted by Crippen LogP contribution is 2.27. The summed E-state index contributed by atoms with van der Waals surface area (Å²) in [4.78, 5) is 12.3. The van der Waals surface area contributed by atoms with Gasteiger partial charge < -0.3 is 10.5 Å². The Kier molecular flexibility index (Phi) is 4.76. The summed E-state index contributed by atoms with van der Waals surface area (Å²) in [6, 6.07) is 7.43. The summed E-state index contributed by atoms with van der Waals surface area (Å²) < 4.78 is 5.40. The molecule has 1 fully saturated rings. The SMILES string of the molecule is NCCOc1ccc(C(=O)C2CCCCC2)cc1. The van der Waals surface area contributed by atoms with E-state index in [0.717, 1.165) is 24.2 Å². The van der Waals surface area contributed by atoms with Crippen molar-refractivity contribution in [2.24, 2.45) is 11.7 Å². The van der Waals surface area contributed by atoms with Gasteiger partial charge in [-0.1, -0.05) is 19.3 Å². The monoisotopic (exact) mass is 247 g/mol. The molecule has 0 unspecified atom stereocenters. The lowest BCUT2D eigenvalue weighted by molar-refractivity contribution is 0.0889. The molecule has 3 heteroatoms. The van der Waals surface area contributed by atoms with Crippen LogP contribution in [0.1, 0.15) is 42.5 Å². The second-order valence-electron chi connectivity index (χ2n) is 4.86. The van der Waals surface area contributed by atoms with Gasteiger partial charge in [-0.05, 0) is 37.1 Å². The van der Waals surface area contributed by atoms with Crippen LogP contribution >= 0.6 is 0 Å². The molecule has 0 heterocycles. The minimum Gasteiger partial charge on any atom is -0.492 e. The molecule has 0 atom stereocenters. The number of ether oxygens (including phenoxy) is 1. The van der Waals surface area contributed by atoms with E-state index in [-0.39, 0.29) is 5.92 Å². The molecule has 2 rings (SSSR count). The number of carbonyl (C=O) groups excluding carboxylic acids is 1. The maximum Gasteiger partial charge on any atom is 0.165 e. The highest BCUT2D eigenvalue weighted by Gasteiger charge is 2.22. The van der Waals surface area contributed by atoms with E-state index in [0.29, 0.717) is 18.9 Å². The minimum absolute atomic E-state index is 0.231. The predicted molar refractivity (Wildman–Crippen MR) is 71.9 cm³/mol. The van der Waals surface area contributed by atoms with Gasteiger partial charge in [-0.25, -0.2) is 0 Å². The average Bonchev–Trinajstić information content (AvgIpc) is 2.46. The summed E-state index contributed by atoms with van der Waals surface area (Å²) >= 11 is 0. The number of carbonyl (C=O) groups is 1. The van der Waals surface area contributed by atoms with Gasteiger partial charge in [0.15, 0.2) is 5.78 Å². The van der Waals surface area contributed by atoms with E-state index in [4.69, 9.17) is 10.5 Å². The first-order chi connectivity index (χ1) is 8.81. The molecule has 1 aromatic rings. The first kappa shape index (κ1) is 13.1. The fourth-order valence-electron chi connectivity index (χ4n) is 2.49. The molecule has 1 saturated carbocycles. The van der Waals surface area contributed by atoms with Crippen LogP contribution in [0, 0.1) is 5.92 Å². The van der Waals surface area contributed by atoms with E-state index in [2.05, 4.69) is 0 Å². The Bertz CT molecular complexity index is 380. The van der Waals surface area contributed by atoms with Crippen LogP contribution in [-0.4, -0.2) is 18.9 Å². The fraction of sp³-hybridized carbons (Fsp3) is 0.533. The van der Waals surface area contributed by atoms with Crippen molar-refractivity contribution in [2.45, 2.75) is 32.1 Å². The molecule has 0 bridgehead atoms. The van der Waals surface area contributed by atoms with Gasteiger partial charge in [0, 0.05) is 18.0 Å². The van der Waals surface area contributed by atoms with Crippen molar-refractivity contribution in [3.63, 3.8) is 0 Å². The number of ketones is 1. The van der Waals surface area contributed by atoms with Crippen molar-refractivity contribution in [2.75, 3.05) is 13.2 Å². The van der Waals surface area contributed by atoms with Gasteiger partial charge in [-0.15, -0.1) is 0 Å². The standard InChI is InChI=1S/C15H21NO2/c16-10-11-18-14-8-6-13(7-9-14)15(17)12-4-2-1-3-5-12/h6-9,12H,1-5,10-11,16H2. The fourth-order valence-corrected chi connectivity index (χ4v) is 2.49. The highest BCUT2D eigenvalue weighted by atomic mass is 16.5. The number of Topliss-reactive ketones (excluding diaryl/α,β-unsaturated/α-hetero) is 1. The van der Waals surface area contributed by atoms with E-state index in [1.165, 1.54) is 19.3 Å². The number of hydrogen-bond acceptors (Lipinski definition) is 3. The Labute approximate surface area is 108 Å². The summed E-state index contributed by atoms with van der Waals surface area (Å²) in [7, 11) is 0. The van der Waals surface area contributed by atoms with E-state index in [9.17, 15) is 4.79 Å². The third-order valence-corrected chi connectivity index (χ3v) is 3.50. The smallest absolute Gasteiger partial charge is 0.165 e. The molecule has 1 aliphatic rings. The Morgan fingerprint density at radius 3 is 2.44 bits per heavy atom. The Morgan fingerprint density at radius 1 is 1.17 bits per heavy atom. The molecule has 0 amide bonds. The maximum atomic E-state index is 12.3. The van der Waals surface area contributed by atoms with Crippen LogP contribution in [-0.2, 0) is 0 Å². The molecular weight excluding hydrogens is 226 g/mol. The molecule has 98 valence electrons. The largest absolute Gasteiger partial charge is 0.492 e. The zero-order valence-corrected chi connectivity index (χ0v) is 10.7. The number of benzene rings is 1. The summed E-state index contributed by atoms with van der Waals surface area (Å²) in [5.41, 5.74) is 6.18. The number of nitrogens with two attached hydrogens (primary N) is 1. The van der Waals surface area contributed by atoms with Crippen molar-refractivity contribution < 1.29 is 9.53 Å². The third-order valence-electron chi connectivity index (χ3n) is 3.50. The molecule has 18 heavy (non-hydrogen) atoms. The van der Waals surface area contributed by atoms with Gasteiger partial charge in [0.1, 0.15) is 12.4 Å². The van der Waals surface area contributed by atoms with Crippen molar-refractivity contribution in [3.8, 4) is 5.75 Å². The van der Waals surface area contributed by atoms with Crippen LogP contribution in [0.25, 0.3) is 0 Å². The van der Waals surface area contributed by atoms with Crippen molar-refractivity contribution in [3.05, 3.63) is 29.8 Å². The van der Waals surface area contributed by atoms with Crippen LogP contribution < -0.4 is 10.5 Å². The molecule has 1 aromatic carbocycles. The van der Waals surface area contributed by atoms with Crippen LogP contribution in [0.4, 0.5) is 0 Å². The molecule has 0 aliphatic heterocycles. The summed E-state index contributed by atoms with van der Waals surface area (Å²) in [5.74, 6) is 1.30. The van der Waals surface area contributed by atoms with Crippen LogP contribution in [0.15, 0.2) is 24.3 Å². The van der Waals surface area contributed by atoms with Crippen LogP contribution in [0.3, 0.4) is 0 Å². The average molecular weight is 247 g/mol. The maximum absolute atomic E-state index is 12.3. The molecule has 0 spiro atoms. The number of hydrogen-bond donors (Lipinski definition) is 1. The summed E-state index contributed by atoms with van der Waals surface area (Å²) in [5, 5.41) is 0. The van der Waals surface area contributed by atoms with E-state index in [1.54, 1.807) is 0 Å². The van der Waals surface area contributed by atoms with Gasteiger partial charge in [0.2, 0.25) is 0 Å². The minimum atomic E-state index is 0.231. The first-order valence-electron chi connectivity index (χ1n) is 6.78. The first-order valence-corrected chi connectivity index (χ1v) is 6.78. The van der Waals surface area contributed by atoms with Crippen molar-refractivity contribution in [1.82, 2.24) is 0 Å². The summed E-state index contributed by atoms with van der Waals surface area (Å²) in [6.45, 7) is 1.01. The van der Waals surface area contributed by atoms with Gasteiger partial charge in [-0.2, -0.15) is 0 Å². The number of rotatable bonds is 5. The molecule has 3 nitrogen and oxygen atoms in total. The predicted octanol–water partition coefficient (Wildman–Crippen LogP) is 2.79. The van der Waals surface area contributed by atoms with Crippen LogP contribution in [0.5, 0.6) is 5.75 Å². The lowest BCUT2D eigenvalue weighted by atomic mass is 9.84. The second-order valence-corrected chi connectivity index (χ2v) is 4.86. The molecule has 2 N–H and O–H groups in total. The van der Waals surface area contributed by atoms with E-state index in [1.807, 2.05) is 24.3 Å². The molecule has 1 aliphatic carbocycles. The lowest BCUT2D eigenvalue weighted by Crippen LogP contribution is -2.17. The molecule has 0 radical (unpaired) electrons. The Hall–Kier alpha value is -1.35. The molecule has 0 saturated heterocycles. The van der Waals surface area contributed by atoms with E-state index < -0.39 is 0 Å². The Balaban J connectivity index is 1.97. The van der Waals surface area contributed by atoms with Crippen molar-refractivity contribution in [1.29, 1.82) is 0 Å². The normalized spacial score (nSPS) is 16.5. The van der Waals surface area contributed by atoms with Crippen molar-refractivity contribution >= 4 is 5.78 Å². The molecule has 0 aromatic heterocycles. The van der Waals surface area contributed by atoms with Gasteiger partial charge in [0.25, 0.3) is 0 Å². The van der Waals surface area contributed by atoms with Crippen LogP contribution in [0.2, 0.25) is 0 Å². The zero-order chi connectivity index (χ0) is 12.8. The van der Waals surface area contributed by atoms with Gasteiger partial charge in [0.05, 0.1) is 0 Å².